The van der Waals surface area contributed by atoms with Crippen molar-refractivity contribution in [1.82, 2.24) is 0 Å². The van der Waals surface area contributed by atoms with Crippen LogP contribution >= 0.6 is 22.9 Å². The maximum atomic E-state index is 6.27. The predicted molar refractivity (Wildman–Crippen MR) is 60.2 cm³/mol. The zero-order valence-electron chi connectivity index (χ0n) is 8.08. The minimum absolute atomic E-state index is 0.151. The normalized spacial score (nSPS) is 13.1. The highest BCUT2D eigenvalue weighted by Gasteiger charge is 2.15. The van der Waals surface area contributed by atoms with Crippen LogP contribution in [0.5, 0.6) is 0 Å². The zero-order valence-corrected chi connectivity index (χ0v) is 9.65. The Bertz CT molecular complexity index is 390. The number of aryl methyl sites for hydroxylation is 2. The maximum absolute atomic E-state index is 6.27. The molecule has 2 rings (SSSR count). The van der Waals surface area contributed by atoms with Crippen molar-refractivity contribution in [2.75, 3.05) is 0 Å². The van der Waals surface area contributed by atoms with Crippen molar-refractivity contribution in [3.63, 3.8) is 0 Å². The lowest BCUT2D eigenvalue weighted by atomic mass is 10.3. The number of halogens is 1. The van der Waals surface area contributed by atoms with Crippen LogP contribution < -0.4 is 0 Å². The van der Waals surface area contributed by atoms with E-state index >= 15 is 0 Å². The van der Waals surface area contributed by atoms with Gasteiger partial charge in [-0.25, -0.2) is 0 Å². The third kappa shape index (κ3) is 1.86. The van der Waals surface area contributed by atoms with Crippen molar-refractivity contribution in [1.29, 1.82) is 0 Å². The molecule has 1 atom stereocenters. The summed E-state index contributed by atoms with van der Waals surface area (Å²) in [6.45, 7) is 4.00. The van der Waals surface area contributed by atoms with Crippen molar-refractivity contribution in [3.8, 4) is 0 Å². The van der Waals surface area contributed by atoms with Gasteiger partial charge in [-0.2, -0.15) is 0 Å². The van der Waals surface area contributed by atoms with Crippen LogP contribution in [0.2, 0.25) is 0 Å². The lowest BCUT2D eigenvalue weighted by molar-refractivity contribution is 0.490. The number of hydrogen-bond acceptors (Lipinski definition) is 2. The number of thiophene rings is 1. The third-order valence-electron chi connectivity index (χ3n) is 2.02. The molecule has 0 aromatic carbocycles. The minimum atomic E-state index is -0.151. The van der Waals surface area contributed by atoms with Crippen molar-refractivity contribution in [2.24, 2.45) is 0 Å². The second-order valence-electron chi connectivity index (χ2n) is 3.26. The molecular weight excluding hydrogens is 216 g/mol. The molecule has 0 spiro atoms. The zero-order chi connectivity index (χ0) is 10.1. The van der Waals surface area contributed by atoms with Gasteiger partial charge in [-0.05, 0) is 38.1 Å². The summed E-state index contributed by atoms with van der Waals surface area (Å²) in [4.78, 5) is 2.41. The molecule has 0 N–H and O–H groups in total. The van der Waals surface area contributed by atoms with E-state index in [1.807, 2.05) is 19.1 Å². The van der Waals surface area contributed by atoms with Crippen LogP contribution in [0, 0.1) is 13.8 Å². The smallest absolute Gasteiger partial charge is 0.127 e. The molecule has 0 amide bonds. The van der Waals surface area contributed by atoms with Gasteiger partial charge in [0.25, 0.3) is 0 Å². The molecule has 14 heavy (non-hydrogen) atoms. The molecular formula is C11H11ClOS. The molecule has 0 bridgehead atoms. The molecule has 2 heterocycles. The average molecular weight is 227 g/mol. The lowest BCUT2D eigenvalue weighted by Gasteiger charge is -2.02. The van der Waals surface area contributed by atoms with E-state index in [4.69, 9.17) is 16.0 Å². The Labute approximate surface area is 92.3 Å². The van der Waals surface area contributed by atoms with Gasteiger partial charge < -0.3 is 4.42 Å². The van der Waals surface area contributed by atoms with Crippen LogP contribution in [-0.4, -0.2) is 0 Å². The molecule has 1 nitrogen and oxygen atoms in total. The van der Waals surface area contributed by atoms with E-state index in [9.17, 15) is 0 Å². The topological polar surface area (TPSA) is 13.1 Å². The first-order chi connectivity index (χ1) is 6.66. The van der Waals surface area contributed by atoms with Crippen LogP contribution in [-0.2, 0) is 0 Å². The lowest BCUT2D eigenvalue weighted by Crippen LogP contribution is -1.85. The molecule has 0 radical (unpaired) electrons. The van der Waals surface area contributed by atoms with Crippen LogP contribution in [0.25, 0.3) is 0 Å². The molecule has 0 saturated heterocycles. The van der Waals surface area contributed by atoms with Crippen molar-refractivity contribution in [2.45, 2.75) is 19.2 Å². The van der Waals surface area contributed by atoms with Gasteiger partial charge >= 0.3 is 0 Å². The van der Waals surface area contributed by atoms with Gasteiger partial charge in [-0.1, -0.05) is 0 Å². The van der Waals surface area contributed by atoms with E-state index < -0.39 is 0 Å². The largest absolute Gasteiger partial charge is 0.464 e. The van der Waals surface area contributed by atoms with E-state index in [-0.39, 0.29) is 5.38 Å². The number of rotatable bonds is 2. The van der Waals surface area contributed by atoms with Crippen LogP contribution in [0.4, 0.5) is 0 Å². The molecule has 0 aliphatic carbocycles. The van der Waals surface area contributed by atoms with E-state index in [0.717, 1.165) is 16.4 Å². The number of hydrogen-bond donors (Lipinski definition) is 0. The summed E-state index contributed by atoms with van der Waals surface area (Å²) in [5, 5.41) is -0.151. The molecule has 0 aliphatic rings. The fourth-order valence-corrected chi connectivity index (χ4v) is 2.51. The third-order valence-corrected chi connectivity index (χ3v) is 3.67. The minimum Gasteiger partial charge on any atom is -0.464 e. The summed E-state index contributed by atoms with van der Waals surface area (Å²) in [6.07, 6.45) is 0. The molecule has 0 saturated carbocycles. The first kappa shape index (κ1) is 9.81. The summed E-state index contributed by atoms with van der Waals surface area (Å²) in [7, 11) is 0. The van der Waals surface area contributed by atoms with Gasteiger partial charge in [0, 0.05) is 9.75 Å². The second-order valence-corrected chi connectivity index (χ2v) is 5.02. The Kier molecular flexibility index (Phi) is 2.66. The standard InChI is InChI=1S/C11H11ClOS/c1-7-3-5-9(13-7)11(12)10-6-4-8(2)14-10/h3-6,11H,1-2H3. The van der Waals surface area contributed by atoms with E-state index in [1.165, 1.54) is 4.88 Å². The number of alkyl halides is 1. The van der Waals surface area contributed by atoms with E-state index in [0.29, 0.717) is 0 Å². The second kappa shape index (κ2) is 3.79. The summed E-state index contributed by atoms with van der Waals surface area (Å²) < 4.78 is 5.48. The summed E-state index contributed by atoms with van der Waals surface area (Å²) in [6, 6.07) is 7.99. The Morgan fingerprint density at radius 2 is 2.00 bits per heavy atom. The molecule has 0 fully saturated rings. The number of furan rings is 1. The molecule has 1 unspecified atom stereocenters. The van der Waals surface area contributed by atoms with Crippen molar-refractivity contribution < 1.29 is 4.42 Å². The molecule has 2 aromatic heterocycles. The Hall–Kier alpha value is -0.730. The van der Waals surface area contributed by atoms with Gasteiger partial charge in [0.05, 0.1) is 0 Å². The van der Waals surface area contributed by atoms with Crippen molar-refractivity contribution >= 4 is 22.9 Å². The Morgan fingerprint density at radius 1 is 1.21 bits per heavy atom. The molecule has 0 aliphatic heterocycles. The van der Waals surface area contributed by atoms with Crippen LogP contribution in [0.15, 0.2) is 28.7 Å². The SMILES string of the molecule is Cc1ccc(C(Cl)c2ccc(C)s2)o1. The average Bonchev–Trinajstić information content (AvgIpc) is 2.73. The summed E-state index contributed by atoms with van der Waals surface area (Å²) in [5.41, 5.74) is 0. The highest BCUT2D eigenvalue weighted by Crippen LogP contribution is 2.34. The highest BCUT2D eigenvalue weighted by molar-refractivity contribution is 7.12. The van der Waals surface area contributed by atoms with Gasteiger partial charge in [0.15, 0.2) is 0 Å². The van der Waals surface area contributed by atoms with Gasteiger partial charge in [0.1, 0.15) is 16.9 Å². The Morgan fingerprint density at radius 3 is 2.50 bits per heavy atom. The quantitative estimate of drug-likeness (QED) is 0.697. The highest BCUT2D eigenvalue weighted by atomic mass is 35.5. The van der Waals surface area contributed by atoms with Gasteiger partial charge in [-0.3, -0.25) is 0 Å². The van der Waals surface area contributed by atoms with E-state index in [2.05, 4.69) is 19.1 Å². The Balaban J connectivity index is 2.28. The molecule has 3 heteroatoms. The van der Waals surface area contributed by atoms with Gasteiger partial charge in [0.2, 0.25) is 0 Å². The monoisotopic (exact) mass is 226 g/mol. The molecule has 2 aromatic rings. The molecule has 74 valence electrons. The predicted octanol–water partition coefficient (Wildman–Crippen LogP) is 4.29. The fraction of sp³-hybridized carbons (Fsp3) is 0.273. The first-order valence-corrected chi connectivity index (χ1v) is 5.69. The maximum Gasteiger partial charge on any atom is 0.127 e. The summed E-state index contributed by atoms with van der Waals surface area (Å²) >= 11 is 7.98. The van der Waals surface area contributed by atoms with Crippen LogP contribution in [0.1, 0.15) is 26.7 Å². The van der Waals surface area contributed by atoms with E-state index in [1.54, 1.807) is 11.3 Å². The fourth-order valence-electron chi connectivity index (χ4n) is 1.32. The van der Waals surface area contributed by atoms with Crippen LogP contribution in [0.3, 0.4) is 0 Å². The van der Waals surface area contributed by atoms with Gasteiger partial charge in [-0.15, -0.1) is 22.9 Å². The summed E-state index contributed by atoms with van der Waals surface area (Å²) in [5.74, 6) is 1.73. The first-order valence-electron chi connectivity index (χ1n) is 4.43. The van der Waals surface area contributed by atoms with Crippen molar-refractivity contribution in [3.05, 3.63) is 45.5 Å².